The van der Waals surface area contributed by atoms with Gasteiger partial charge in [0.25, 0.3) is 0 Å². The number of hydroxylamine groups is 2. The van der Waals surface area contributed by atoms with Crippen LogP contribution < -0.4 is 9.29 Å². The molecule has 32 heavy (non-hydrogen) atoms. The van der Waals surface area contributed by atoms with Crippen molar-refractivity contribution in [3.05, 3.63) is 144 Å². The molecule has 4 aromatic carbocycles. The number of hydrogen-bond acceptors (Lipinski definition) is 2. The third-order valence-corrected chi connectivity index (χ3v) is 5.58. The average Bonchev–Trinajstić information content (AvgIpc) is 2.88. The zero-order chi connectivity index (χ0) is 22.3. The van der Waals surface area contributed by atoms with Crippen molar-refractivity contribution in [2.75, 3.05) is 13.1 Å². The second kappa shape index (κ2) is 9.73. The van der Waals surface area contributed by atoms with Crippen molar-refractivity contribution < 1.29 is 0 Å². The molecule has 4 heteroatoms. The third-order valence-electron chi connectivity index (χ3n) is 5.58. The van der Waals surface area contributed by atoms with Crippen LogP contribution in [0.2, 0.25) is 0 Å². The van der Waals surface area contributed by atoms with Gasteiger partial charge in [-0.2, -0.15) is 0 Å². The fraction of sp³-hybridized carbons (Fsp3) is 0.0714. The molecule has 0 heterocycles. The molecule has 0 amide bonds. The molecule has 0 aliphatic rings. The van der Waals surface area contributed by atoms with E-state index in [1.165, 1.54) is 0 Å². The molecule has 0 fully saturated rings. The summed E-state index contributed by atoms with van der Waals surface area (Å²) in [7, 11) is 0. The first-order valence-corrected chi connectivity index (χ1v) is 10.7. The predicted octanol–water partition coefficient (Wildman–Crippen LogP) is 7.22. The first kappa shape index (κ1) is 21.7. The van der Waals surface area contributed by atoms with Crippen molar-refractivity contribution >= 4 is 22.7 Å². The van der Waals surface area contributed by atoms with Crippen LogP contribution in [0.5, 0.6) is 0 Å². The number of benzene rings is 4. The van der Waals surface area contributed by atoms with Crippen LogP contribution in [-0.4, -0.2) is 13.1 Å². The van der Waals surface area contributed by atoms with Gasteiger partial charge in [0.15, 0.2) is 0 Å². The van der Waals surface area contributed by atoms with Crippen molar-refractivity contribution in [3.63, 3.8) is 0 Å². The molecule has 0 N–H and O–H groups in total. The summed E-state index contributed by atoms with van der Waals surface area (Å²) < 4.78 is -1.23. The summed E-state index contributed by atoms with van der Waals surface area (Å²) in [6.07, 6.45) is 3.65. The van der Waals surface area contributed by atoms with E-state index in [1.807, 2.05) is 133 Å². The first-order chi connectivity index (χ1) is 15.6. The Morgan fingerprint density at radius 2 is 0.625 bits per heavy atom. The molecule has 0 saturated heterocycles. The van der Waals surface area contributed by atoms with Crippen molar-refractivity contribution in [2.45, 2.75) is 0 Å². The van der Waals surface area contributed by atoms with Gasteiger partial charge in [0.1, 0.15) is 35.8 Å². The van der Waals surface area contributed by atoms with Gasteiger partial charge in [-0.3, -0.25) is 9.29 Å². The van der Waals surface area contributed by atoms with Gasteiger partial charge in [-0.05, 0) is 60.7 Å². The molecule has 0 aliphatic carbocycles. The highest BCUT2D eigenvalue weighted by atomic mass is 16.5. The lowest BCUT2D eigenvalue weighted by Gasteiger charge is -2.42. The summed E-state index contributed by atoms with van der Waals surface area (Å²) >= 11 is 0. The summed E-state index contributed by atoms with van der Waals surface area (Å²) in [6.45, 7) is 0.384. The highest BCUT2D eigenvalue weighted by Gasteiger charge is 2.24. The maximum atomic E-state index is 14.0. The monoisotopic (exact) mass is 422 g/mol. The standard InChI is InChI=1S/C28H26N2O2/c31-29(25-15-5-1-6-16-25,26-17-7-2-8-18-26)23-13-14-24-30(32,27-19-9-3-10-20-27)28-21-11-4-12-22-28/h1-22H,23-24H2. The molecule has 4 rings (SSSR count). The van der Waals surface area contributed by atoms with Crippen LogP contribution in [0, 0.1) is 10.4 Å². The summed E-state index contributed by atoms with van der Waals surface area (Å²) in [4.78, 5) is 0. The summed E-state index contributed by atoms with van der Waals surface area (Å²) in [5, 5.41) is 27.9. The molecule has 0 bridgehead atoms. The highest BCUT2D eigenvalue weighted by molar-refractivity contribution is 5.61. The molecule has 0 aromatic heterocycles. The van der Waals surface area contributed by atoms with E-state index in [1.54, 1.807) is 0 Å². The summed E-state index contributed by atoms with van der Waals surface area (Å²) in [5.41, 5.74) is 2.60. The van der Waals surface area contributed by atoms with E-state index < -0.39 is 9.29 Å². The number of hydrogen-bond donors (Lipinski definition) is 0. The van der Waals surface area contributed by atoms with Crippen molar-refractivity contribution in [1.82, 2.24) is 9.29 Å². The maximum absolute atomic E-state index is 14.0. The van der Waals surface area contributed by atoms with E-state index in [4.69, 9.17) is 0 Å². The van der Waals surface area contributed by atoms with E-state index in [2.05, 4.69) is 0 Å². The Morgan fingerprint density at radius 1 is 0.406 bits per heavy atom. The topological polar surface area (TPSA) is 46.1 Å². The van der Waals surface area contributed by atoms with Gasteiger partial charge in [-0.15, -0.1) is 0 Å². The van der Waals surface area contributed by atoms with Crippen LogP contribution in [0.4, 0.5) is 22.7 Å². The largest absolute Gasteiger partial charge is 0.622 e. The third kappa shape index (κ3) is 4.54. The fourth-order valence-electron chi connectivity index (χ4n) is 3.84. The van der Waals surface area contributed by atoms with Crippen LogP contribution in [0.1, 0.15) is 0 Å². The number of nitrogens with zero attached hydrogens (tertiary/aromatic N) is 2. The van der Waals surface area contributed by atoms with Crippen LogP contribution >= 0.6 is 0 Å². The highest BCUT2D eigenvalue weighted by Crippen LogP contribution is 2.35. The molecular formula is C28H26N2O2. The van der Waals surface area contributed by atoms with Crippen molar-refractivity contribution in [1.29, 1.82) is 0 Å². The second-order valence-electron chi connectivity index (χ2n) is 7.66. The maximum Gasteiger partial charge on any atom is 0.138 e. The van der Waals surface area contributed by atoms with Gasteiger partial charge in [0.2, 0.25) is 0 Å². The van der Waals surface area contributed by atoms with Crippen molar-refractivity contribution in [3.8, 4) is 0 Å². The second-order valence-corrected chi connectivity index (χ2v) is 7.66. The molecule has 0 aliphatic heterocycles. The minimum Gasteiger partial charge on any atom is -0.622 e. The molecule has 160 valence electrons. The lowest BCUT2D eigenvalue weighted by Crippen LogP contribution is -2.39. The molecule has 0 atom stereocenters. The SMILES string of the molecule is [O-][N+](CC=CC[N+]([O-])(c1ccccc1)c1ccccc1)(c1ccccc1)c1ccccc1. The number of quaternary nitrogens is 2. The lowest BCUT2D eigenvalue weighted by molar-refractivity contribution is 0.546. The van der Waals surface area contributed by atoms with E-state index in [0.717, 1.165) is 0 Å². The first-order valence-electron chi connectivity index (χ1n) is 10.7. The van der Waals surface area contributed by atoms with E-state index in [9.17, 15) is 10.4 Å². The van der Waals surface area contributed by atoms with Gasteiger partial charge in [0, 0.05) is 0 Å². The molecule has 0 unspecified atom stereocenters. The Morgan fingerprint density at radius 3 is 0.844 bits per heavy atom. The summed E-state index contributed by atoms with van der Waals surface area (Å²) in [5.74, 6) is 0. The number of rotatable bonds is 8. The Bertz CT molecular complexity index is 959. The Hall–Kier alpha value is -3.54. The zero-order valence-electron chi connectivity index (χ0n) is 17.8. The van der Waals surface area contributed by atoms with Gasteiger partial charge in [-0.1, -0.05) is 72.8 Å². The van der Waals surface area contributed by atoms with Gasteiger partial charge >= 0.3 is 0 Å². The van der Waals surface area contributed by atoms with Gasteiger partial charge in [0.05, 0.1) is 0 Å². The summed E-state index contributed by atoms with van der Waals surface area (Å²) in [6, 6.07) is 37.3. The minimum absolute atomic E-state index is 0.192. The van der Waals surface area contributed by atoms with E-state index in [0.29, 0.717) is 22.7 Å². The molecule has 4 aromatic rings. The zero-order valence-corrected chi connectivity index (χ0v) is 17.8. The lowest BCUT2D eigenvalue weighted by atomic mass is 10.2. The Balaban J connectivity index is 1.62. The molecule has 0 spiro atoms. The number of para-hydroxylation sites is 4. The quantitative estimate of drug-likeness (QED) is 0.171. The molecule has 0 radical (unpaired) electrons. The molecule has 0 saturated carbocycles. The average molecular weight is 423 g/mol. The Kier molecular flexibility index (Phi) is 6.59. The molecular weight excluding hydrogens is 396 g/mol. The van der Waals surface area contributed by atoms with Crippen LogP contribution in [0.3, 0.4) is 0 Å². The Labute approximate surface area is 189 Å². The van der Waals surface area contributed by atoms with Gasteiger partial charge in [-0.25, -0.2) is 0 Å². The predicted molar refractivity (Wildman–Crippen MR) is 134 cm³/mol. The van der Waals surface area contributed by atoms with Crippen molar-refractivity contribution in [2.24, 2.45) is 0 Å². The normalized spacial score (nSPS) is 12.2. The van der Waals surface area contributed by atoms with Crippen LogP contribution in [0.15, 0.2) is 133 Å². The van der Waals surface area contributed by atoms with Crippen LogP contribution in [0.25, 0.3) is 0 Å². The minimum atomic E-state index is -0.617. The smallest absolute Gasteiger partial charge is 0.138 e. The van der Waals surface area contributed by atoms with Crippen LogP contribution in [-0.2, 0) is 0 Å². The van der Waals surface area contributed by atoms with E-state index >= 15 is 0 Å². The van der Waals surface area contributed by atoms with Gasteiger partial charge < -0.3 is 10.4 Å². The fourth-order valence-corrected chi connectivity index (χ4v) is 3.84. The molecule has 4 nitrogen and oxygen atoms in total. The van der Waals surface area contributed by atoms with E-state index in [-0.39, 0.29) is 13.1 Å².